The van der Waals surface area contributed by atoms with Crippen molar-refractivity contribution in [2.45, 2.75) is 89.1 Å². The van der Waals surface area contributed by atoms with E-state index >= 15 is 0 Å². The molecule has 4 unspecified atom stereocenters. The van der Waals surface area contributed by atoms with Gasteiger partial charge in [-0.1, -0.05) is 123 Å². The Balaban J connectivity index is 0.000000448. The van der Waals surface area contributed by atoms with E-state index in [9.17, 15) is 43.7 Å². The average molecular weight is 931 g/mol. The van der Waals surface area contributed by atoms with Crippen molar-refractivity contribution in [1.29, 1.82) is 0 Å². The number of esters is 2. The second-order valence-corrected chi connectivity index (χ2v) is 14.8. The van der Waals surface area contributed by atoms with E-state index in [-0.39, 0.29) is 32.1 Å². The Hall–Kier alpha value is -6.31. The first-order valence-corrected chi connectivity index (χ1v) is 21.3. The molecule has 17 nitrogen and oxygen atoms in total. The number of rotatable bonds is 25. The van der Waals surface area contributed by atoms with Gasteiger partial charge in [-0.05, 0) is 23.1 Å². The number of halogens is 1. The summed E-state index contributed by atoms with van der Waals surface area (Å²) in [4.78, 5) is 74.7. The van der Waals surface area contributed by atoms with Gasteiger partial charge in [0, 0.05) is 6.04 Å². The molecule has 0 radical (unpaired) electrons. The molecule has 0 heterocycles. The van der Waals surface area contributed by atoms with Crippen molar-refractivity contribution in [2.75, 3.05) is 19.5 Å². The molecule has 0 bridgehead atoms. The summed E-state index contributed by atoms with van der Waals surface area (Å²) in [7, 11) is 0.640. The predicted octanol–water partition coefficient (Wildman–Crippen LogP) is 2.44. The molecule has 0 aromatic heterocycles. The zero-order valence-corrected chi connectivity index (χ0v) is 37.8. The van der Waals surface area contributed by atoms with E-state index < -0.39 is 85.0 Å². The maximum atomic E-state index is 12.8. The SMILES string of the molecule is CCCC(N)C(O)C(=O)NCC(=O)N[C@H](C(=O)OCc1ccccc1)c1ccccc1.CCCC(NCB=O)C(O)C(=O)NCC(=O)N[C@H](C(=O)OCc1ccccc1)c1ccccc1.Cl. The normalized spacial score (nSPS) is 13.1. The van der Waals surface area contributed by atoms with E-state index in [0.29, 0.717) is 37.5 Å². The molecule has 4 aromatic carbocycles. The summed E-state index contributed by atoms with van der Waals surface area (Å²) in [5, 5.41) is 32.9. The molecule has 0 aliphatic heterocycles. The van der Waals surface area contributed by atoms with Crippen LogP contribution in [0.2, 0.25) is 0 Å². The Bertz CT molecular complexity index is 2080. The van der Waals surface area contributed by atoms with E-state index in [1.54, 1.807) is 60.7 Å². The van der Waals surface area contributed by atoms with Crippen LogP contribution in [0, 0.1) is 0 Å². The zero-order chi connectivity index (χ0) is 47.4. The summed E-state index contributed by atoms with van der Waals surface area (Å²) in [5.74, 6) is -3.99. The molecule has 0 spiro atoms. The average Bonchev–Trinajstić information content (AvgIpc) is 3.34. The minimum Gasteiger partial charge on any atom is -0.147 e. The van der Waals surface area contributed by atoms with Crippen molar-refractivity contribution in [3.05, 3.63) is 144 Å². The molecular weight excluding hydrogens is 871 g/mol. The molecule has 4 rings (SSSR count). The Morgan fingerprint density at radius 2 is 0.970 bits per heavy atom. The number of carbonyl (C=O) groups is 6. The molecule has 19 heteroatoms. The van der Waals surface area contributed by atoms with Crippen LogP contribution < -0.4 is 32.3 Å². The standard InChI is InChI=1S/C24H30BN3O6.C23H29N3O5.ClH/c1-2-9-19(27-16-25-33)22(30)23(31)26-14-20(29)28-21(18-12-7-4-8-13-18)24(32)34-15-17-10-5-3-6-11-17;1-2-9-18(24)21(28)22(29)25-14-19(27)26-20(17-12-7-4-8-13-17)23(30)31-15-16-10-5-3-6-11-16;/h3-8,10-13,19,21-22,27,30H,2,9,14-16H2,1H3,(H,26,31)(H,28,29);3-8,10-13,18,20-21,28H,2,9,14-15,24H2,1H3,(H,25,29)(H,26,27);1H/t19?,21-,22?;18?,20-,21?;/m00./s1. The molecule has 0 saturated carbocycles. The van der Waals surface area contributed by atoms with Crippen molar-refractivity contribution in [1.82, 2.24) is 26.6 Å². The summed E-state index contributed by atoms with van der Waals surface area (Å²) < 4.78 is 21.3. The van der Waals surface area contributed by atoms with Crippen LogP contribution in [0.3, 0.4) is 0 Å². The van der Waals surface area contributed by atoms with Crippen LogP contribution in [0.1, 0.15) is 73.9 Å². The topological polar surface area (TPSA) is 265 Å². The number of nitrogens with two attached hydrogens (primary N) is 1. The number of aliphatic hydroxyl groups is 2. The Morgan fingerprint density at radius 3 is 1.35 bits per heavy atom. The van der Waals surface area contributed by atoms with Gasteiger partial charge in [0.05, 0.1) is 6.54 Å². The number of aliphatic hydroxyl groups excluding tert-OH is 2. The zero-order valence-electron chi connectivity index (χ0n) is 37.0. The molecule has 66 heavy (non-hydrogen) atoms. The molecule has 0 aliphatic carbocycles. The summed E-state index contributed by atoms with van der Waals surface area (Å²) in [6, 6.07) is 32.2. The number of ether oxygens (including phenoxy) is 2. The predicted molar refractivity (Wildman–Crippen MR) is 248 cm³/mol. The number of benzene rings is 4. The number of hydrogen-bond acceptors (Lipinski definition) is 13. The minimum absolute atomic E-state index is 0. The van der Waals surface area contributed by atoms with Gasteiger partial charge in [-0.3, -0.25) is 9.59 Å². The third-order valence-electron chi connectivity index (χ3n) is 9.65. The molecule has 0 saturated heterocycles. The van der Waals surface area contributed by atoms with Crippen LogP contribution in [0.15, 0.2) is 121 Å². The van der Waals surface area contributed by atoms with Gasteiger partial charge >= 0.3 is 144 Å². The molecule has 0 aliphatic rings. The Morgan fingerprint density at radius 1 is 0.591 bits per heavy atom. The van der Waals surface area contributed by atoms with Crippen molar-refractivity contribution in [3.8, 4) is 0 Å². The van der Waals surface area contributed by atoms with E-state index in [0.717, 1.165) is 17.5 Å². The first-order chi connectivity index (χ1) is 31.4. The summed E-state index contributed by atoms with van der Waals surface area (Å²) in [6.45, 7) is 3.03. The Labute approximate surface area is 391 Å². The van der Waals surface area contributed by atoms with Crippen molar-refractivity contribution < 1.29 is 53.2 Å². The second-order valence-electron chi connectivity index (χ2n) is 14.8. The van der Waals surface area contributed by atoms with Gasteiger partial charge in [0.1, 0.15) is 19.3 Å². The van der Waals surface area contributed by atoms with Crippen LogP contribution >= 0.6 is 12.4 Å². The monoisotopic (exact) mass is 930 g/mol. The van der Waals surface area contributed by atoms with E-state index in [1.807, 2.05) is 74.5 Å². The van der Waals surface area contributed by atoms with E-state index in [1.165, 1.54) is 0 Å². The van der Waals surface area contributed by atoms with Crippen molar-refractivity contribution >= 4 is 55.1 Å². The van der Waals surface area contributed by atoms with E-state index in [4.69, 9.17) is 15.2 Å². The van der Waals surface area contributed by atoms with Crippen LogP contribution in [0.25, 0.3) is 0 Å². The van der Waals surface area contributed by atoms with Gasteiger partial charge in [0.15, 0.2) is 6.04 Å². The Kier molecular flexibility index (Phi) is 26.7. The molecule has 6 atom stereocenters. The molecule has 4 aromatic rings. The first kappa shape index (κ1) is 55.8. The summed E-state index contributed by atoms with van der Waals surface area (Å²) >= 11 is 0. The maximum absolute atomic E-state index is 12.8. The fourth-order valence-corrected chi connectivity index (χ4v) is 6.19. The number of nitrogens with one attached hydrogen (secondary N) is 5. The van der Waals surface area contributed by atoms with Crippen LogP contribution in [0.4, 0.5) is 0 Å². The van der Waals surface area contributed by atoms with Gasteiger partial charge in [0.25, 0.3) is 5.91 Å². The molecule has 354 valence electrons. The van der Waals surface area contributed by atoms with Gasteiger partial charge < -0.3 is 26.2 Å². The minimum atomic E-state index is -1.44. The number of amides is 4. The van der Waals surface area contributed by atoms with Gasteiger partial charge in [-0.2, -0.15) is 0 Å². The third-order valence-corrected chi connectivity index (χ3v) is 9.65. The summed E-state index contributed by atoms with van der Waals surface area (Å²) in [6.07, 6.45) is -0.496. The van der Waals surface area contributed by atoms with Gasteiger partial charge in [0.2, 0.25) is 5.91 Å². The summed E-state index contributed by atoms with van der Waals surface area (Å²) in [5.41, 5.74) is 8.44. The fraction of sp³-hybridized carbons (Fsp3) is 0.362. The van der Waals surface area contributed by atoms with Crippen LogP contribution in [-0.4, -0.2) is 96.8 Å². The molecule has 0 fully saturated rings. The number of carbonyl (C=O) groups excluding carboxylic acids is 6. The van der Waals surface area contributed by atoms with Crippen molar-refractivity contribution in [2.24, 2.45) is 5.73 Å². The quantitative estimate of drug-likeness (QED) is 0.0351. The second kappa shape index (κ2) is 31.5. The first-order valence-electron chi connectivity index (χ1n) is 21.3. The third kappa shape index (κ3) is 20.3. The van der Waals surface area contributed by atoms with Crippen LogP contribution in [0.5, 0.6) is 0 Å². The molecular formula is C47H60BClN6O11. The van der Waals surface area contributed by atoms with Crippen LogP contribution in [-0.2, 0) is 56.2 Å². The smallest absolute Gasteiger partial charge is 0.147 e. The molecule has 9 N–H and O–H groups in total. The number of hydrogen-bond donors (Lipinski definition) is 8. The fourth-order valence-electron chi connectivity index (χ4n) is 6.19. The van der Waals surface area contributed by atoms with Gasteiger partial charge in [-0.15, -0.1) is 12.4 Å². The van der Waals surface area contributed by atoms with Gasteiger partial charge in [-0.25, -0.2) is 4.79 Å². The molecule has 4 amide bonds. The van der Waals surface area contributed by atoms with E-state index in [2.05, 4.69) is 26.6 Å². The van der Waals surface area contributed by atoms with Crippen molar-refractivity contribution in [3.63, 3.8) is 0 Å².